The van der Waals surface area contributed by atoms with Crippen LogP contribution >= 0.6 is 34.5 Å². The fraction of sp³-hybridized carbons (Fsp3) is 0.115. The standard InChI is InChI=1S/C26H18Cl2FN5O4S/c1-37-20-7-13(27)6-18(28)21(20)22-16-4-2-3-5-19(16)32-25(36)23(33-22)34-24(35)17-8-14(29)9-31-26(17)38-11-15-10-30-12-39-15/h2-10,12,23H,11H2,1H3,(H,32,36)(H,34,35). The Bertz CT molecular complexity index is 1600. The van der Waals surface area contributed by atoms with E-state index in [0.29, 0.717) is 27.6 Å². The summed E-state index contributed by atoms with van der Waals surface area (Å²) in [6.07, 6.45) is 1.10. The van der Waals surface area contributed by atoms with E-state index in [-0.39, 0.29) is 28.8 Å². The van der Waals surface area contributed by atoms with Crippen LogP contribution < -0.4 is 20.1 Å². The summed E-state index contributed by atoms with van der Waals surface area (Å²) < 4.78 is 25.3. The minimum atomic E-state index is -1.44. The molecule has 0 aliphatic carbocycles. The molecule has 0 bridgehead atoms. The predicted octanol–water partition coefficient (Wildman–Crippen LogP) is 5.12. The molecule has 13 heteroatoms. The van der Waals surface area contributed by atoms with Crippen molar-refractivity contribution in [2.24, 2.45) is 4.99 Å². The summed E-state index contributed by atoms with van der Waals surface area (Å²) in [6, 6.07) is 11.0. The summed E-state index contributed by atoms with van der Waals surface area (Å²) in [5.74, 6) is -2.03. The van der Waals surface area contributed by atoms with Crippen LogP contribution in [0.5, 0.6) is 11.6 Å². The van der Waals surface area contributed by atoms with Crippen molar-refractivity contribution in [1.29, 1.82) is 0 Å². The van der Waals surface area contributed by atoms with Crippen molar-refractivity contribution in [3.8, 4) is 11.6 Å². The molecule has 2 amide bonds. The number of methoxy groups -OCH3 is 1. The Balaban J connectivity index is 1.53. The molecule has 2 N–H and O–H groups in total. The number of anilines is 1. The topological polar surface area (TPSA) is 115 Å². The van der Waals surface area contributed by atoms with Crippen molar-refractivity contribution >= 4 is 57.8 Å². The van der Waals surface area contributed by atoms with Gasteiger partial charge in [0.15, 0.2) is 0 Å². The summed E-state index contributed by atoms with van der Waals surface area (Å²) in [6.45, 7) is 0.0694. The van der Waals surface area contributed by atoms with Crippen molar-refractivity contribution in [2.75, 3.05) is 12.4 Å². The van der Waals surface area contributed by atoms with Crippen molar-refractivity contribution in [1.82, 2.24) is 15.3 Å². The molecule has 1 aliphatic heterocycles. The third-order valence-corrected chi connectivity index (χ3v) is 6.86. The first-order valence-corrected chi connectivity index (χ1v) is 13.0. The first kappa shape index (κ1) is 26.5. The third kappa shape index (κ3) is 5.70. The fourth-order valence-corrected chi connectivity index (χ4v) is 4.92. The Kier molecular flexibility index (Phi) is 7.73. The number of carbonyl (C=O) groups is 2. The van der Waals surface area contributed by atoms with Crippen LogP contribution in [-0.2, 0) is 11.4 Å². The van der Waals surface area contributed by atoms with Gasteiger partial charge in [0.2, 0.25) is 12.0 Å². The molecule has 1 unspecified atom stereocenters. The quantitative estimate of drug-likeness (QED) is 0.311. The average molecular weight is 586 g/mol. The highest BCUT2D eigenvalue weighted by molar-refractivity contribution is 7.09. The number of hydrogen-bond acceptors (Lipinski definition) is 8. The van der Waals surface area contributed by atoms with Gasteiger partial charge in [-0.1, -0.05) is 41.4 Å². The molecule has 0 radical (unpaired) electrons. The number of rotatable bonds is 7. The smallest absolute Gasteiger partial charge is 0.269 e. The van der Waals surface area contributed by atoms with Crippen molar-refractivity contribution in [2.45, 2.75) is 12.8 Å². The normalized spacial score (nSPS) is 14.5. The number of ether oxygens (including phenoxy) is 2. The summed E-state index contributed by atoms with van der Waals surface area (Å²) in [5.41, 5.74) is 3.02. The van der Waals surface area contributed by atoms with Gasteiger partial charge in [0, 0.05) is 16.8 Å². The second-order valence-corrected chi connectivity index (χ2v) is 9.93. The third-order valence-electron chi connectivity index (χ3n) is 5.59. The van der Waals surface area contributed by atoms with Gasteiger partial charge in [-0.05, 0) is 24.3 Å². The number of hydrogen-bond donors (Lipinski definition) is 2. The van der Waals surface area contributed by atoms with E-state index in [1.807, 2.05) is 0 Å². The summed E-state index contributed by atoms with van der Waals surface area (Å²) in [4.78, 5) is 39.8. The van der Waals surface area contributed by atoms with E-state index in [9.17, 15) is 14.0 Å². The largest absolute Gasteiger partial charge is 0.496 e. The number of para-hydroxylation sites is 1. The van der Waals surface area contributed by atoms with Gasteiger partial charge in [-0.25, -0.2) is 14.4 Å². The van der Waals surface area contributed by atoms with Gasteiger partial charge >= 0.3 is 0 Å². The van der Waals surface area contributed by atoms with E-state index in [4.69, 9.17) is 32.7 Å². The maximum atomic E-state index is 14.1. The van der Waals surface area contributed by atoms with Crippen molar-refractivity contribution in [3.63, 3.8) is 0 Å². The summed E-state index contributed by atoms with van der Waals surface area (Å²) >= 11 is 14.1. The van der Waals surface area contributed by atoms with Gasteiger partial charge in [0.1, 0.15) is 23.7 Å². The minimum absolute atomic E-state index is 0.0694. The number of benzene rings is 2. The molecule has 0 saturated heterocycles. The molecule has 2 aromatic carbocycles. The van der Waals surface area contributed by atoms with Gasteiger partial charge in [-0.3, -0.25) is 14.6 Å². The first-order valence-electron chi connectivity index (χ1n) is 11.3. The molecule has 3 heterocycles. The van der Waals surface area contributed by atoms with Gasteiger partial charge in [0.25, 0.3) is 11.8 Å². The fourth-order valence-electron chi connectivity index (χ4n) is 3.85. The molecular formula is C26H18Cl2FN5O4S. The first-order chi connectivity index (χ1) is 18.8. The Labute approximate surface area is 235 Å². The number of thiazole rings is 1. The number of carbonyl (C=O) groups excluding carboxylic acids is 2. The maximum absolute atomic E-state index is 14.1. The summed E-state index contributed by atoms with van der Waals surface area (Å²) in [7, 11) is 1.45. The Hall–Kier alpha value is -4.06. The van der Waals surface area contributed by atoms with Crippen LogP contribution in [0.2, 0.25) is 10.0 Å². The van der Waals surface area contributed by atoms with E-state index < -0.39 is 23.8 Å². The zero-order chi connectivity index (χ0) is 27.5. The molecule has 1 aliphatic rings. The number of nitrogens with zero attached hydrogens (tertiary/aromatic N) is 3. The Morgan fingerprint density at radius 1 is 1.21 bits per heavy atom. The van der Waals surface area contributed by atoms with Crippen LogP contribution in [0.1, 0.15) is 26.4 Å². The zero-order valence-electron chi connectivity index (χ0n) is 20.1. The number of amides is 2. The number of aliphatic imine (C=N–C) groups is 1. The second-order valence-electron chi connectivity index (χ2n) is 8.12. The van der Waals surface area contributed by atoms with Gasteiger partial charge in [-0.2, -0.15) is 0 Å². The van der Waals surface area contributed by atoms with Crippen molar-refractivity contribution in [3.05, 3.63) is 97.8 Å². The molecule has 198 valence electrons. The molecule has 2 aromatic heterocycles. The SMILES string of the molecule is COc1cc(Cl)cc(Cl)c1C1=NC(NC(=O)c2cc(F)cnc2OCc2cncs2)C(=O)Nc2ccccc21. The molecule has 1 atom stereocenters. The number of fused-ring (bicyclic) bond motifs is 1. The monoisotopic (exact) mass is 585 g/mol. The van der Waals surface area contributed by atoms with Crippen LogP contribution in [0, 0.1) is 5.82 Å². The average Bonchev–Trinajstić information content (AvgIpc) is 3.40. The zero-order valence-corrected chi connectivity index (χ0v) is 22.4. The number of halogens is 3. The molecule has 0 spiro atoms. The van der Waals surface area contributed by atoms with Crippen molar-refractivity contribution < 1.29 is 23.5 Å². The van der Waals surface area contributed by atoms with E-state index in [0.717, 1.165) is 17.1 Å². The van der Waals surface area contributed by atoms with E-state index in [1.54, 1.807) is 42.0 Å². The minimum Gasteiger partial charge on any atom is -0.496 e. The highest BCUT2D eigenvalue weighted by atomic mass is 35.5. The molecule has 39 heavy (non-hydrogen) atoms. The number of nitrogens with one attached hydrogen (secondary N) is 2. The lowest BCUT2D eigenvalue weighted by atomic mass is 9.99. The highest BCUT2D eigenvalue weighted by Gasteiger charge is 2.30. The molecule has 0 fully saturated rings. The number of benzodiazepines with no additional fused rings is 1. The molecule has 4 aromatic rings. The van der Waals surface area contributed by atoms with E-state index in [2.05, 4.69) is 25.6 Å². The Morgan fingerprint density at radius 2 is 2.03 bits per heavy atom. The van der Waals surface area contributed by atoms with Crippen LogP contribution in [0.4, 0.5) is 10.1 Å². The lowest BCUT2D eigenvalue weighted by Crippen LogP contribution is -2.42. The molecule has 9 nitrogen and oxygen atoms in total. The maximum Gasteiger partial charge on any atom is 0.269 e. The molecule has 5 rings (SSSR count). The lowest BCUT2D eigenvalue weighted by molar-refractivity contribution is -0.117. The summed E-state index contributed by atoms with van der Waals surface area (Å²) in [5, 5.41) is 5.87. The molecule has 0 saturated carbocycles. The predicted molar refractivity (Wildman–Crippen MR) is 146 cm³/mol. The van der Waals surface area contributed by atoms with Crippen LogP contribution in [-0.4, -0.2) is 40.8 Å². The van der Waals surface area contributed by atoms with Crippen LogP contribution in [0.15, 0.2) is 65.4 Å². The van der Waals surface area contributed by atoms with E-state index >= 15 is 0 Å². The number of aromatic nitrogens is 2. The van der Waals surface area contributed by atoms with Gasteiger partial charge < -0.3 is 20.1 Å². The van der Waals surface area contributed by atoms with E-state index in [1.165, 1.54) is 24.5 Å². The lowest BCUT2D eigenvalue weighted by Gasteiger charge is -2.16. The number of pyridine rings is 1. The van der Waals surface area contributed by atoms with Gasteiger partial charge in [0.05, 0.1) is 45.7 Å². The molecular weight excluding hydrogens is 568 g/mol. The van der Waals surface area contributed by atoms with Gasteiger partial charge in [-0.15, -0.1) is 11.3 Å². The van der Waals surface area contributed by atoms with Crippen LogP contribution in [0.3, 0.4) is 0 Å². The Morgan fingerprint density at radius 3 is 2.79 bits per heavy atom. The van der Waals surface area contributed by atoms with Crippen LogP contribution in [0.25, 0.3) is 0 Å². The second kappa shape index (κ2) is 11.4. The highest BCUT2D eigenvalue weighted by Crippen LogP contribution is 2.35.